The van der Waals surface area contributed by atoms with E-state index in [4.69, 9.17) is 20.7 Å². The van der Waals surface area contributed by atoms with Gasteiger partial charge in [0.1, 0.15) is 11.1 Å². The lowest BCUT2D eigenvalue weighted by Crippen LogP contribution is -2.10. The van der Waals surface area contributed by atoms with Crippen LogP contribution in [0.3, 0.4) is 0 Å². The molecule has 0 amide bonds. The summed E-state index contributed by atoms with van der Waals surface area (Å²) in [6, 6.07) is 5.68. The zero-order valence-electron chi connectivity index (χ0n) is 13.4. The summed E-state index contributed by atoms with van der Waals surface area (Å²) in [7, 11) is 1.48. The molecule has 0 saturated heterocycles. The van der Waals surface area contributed by atoms with E-state index in [2.05, 4.69) is 4.98 Å². The number of nitro benzene ring substituents is 1. The van der Waals surface area contributed by atoms with E-state index in [9.17, 15) is 14.7 Å². The summed E-state index contributed by atoms with van der Waals surface area (Å²) in [5.74, 6) is 0.850. The molecule has 0 spiro atoms. The van der Waals surface area contributed by atoms with Crippen LogP contribution in [-0.4, -0.2) is 23.2 Å². The Labute approximate surface area is 143 Å². The van der Waals surface area contributed by atoms with Crippen LogP contribution in [-0.2, 0) is 4.57 Å². The quantitative estimate of drug-likeness (QED) is 0.428. The topological polar surface area (TPSA) is 91.6 Å². The minimum Gasteiger partial charge on any atom is -0.491 e. The second-order valence-corrected chi connectivity index (χ2v) is 9.05. The Kier molecular flexibility index (Phi) is 5.47. The molecule has 2 aromatic rings. The first kappa shape index (κ1) is 18.2. The lowest BCUT2D eigenvalue weighted by molar-refractivity contribution is -0.383. The third-order valence-electron chi connectivity index (χ3n) is 3.30. The van der Waals surface area contributed by atoms with Crippen molar-refractivity contribution in [1.29, 1.82) is 0 Å². The molecular weight excluding hydrogens is 355 g/mol. The highest BCUT2D eigenvalue weighted by Gasteiger charge is 2.29. The van der Waals surface area contributed by atoms with E-state index >= 15 is 0 Å². The maximum absolute atomic E-state index is 12.4. The normalized spacial score (nSPS) is 13.2. The summed E-state index contributed by atoms with van der Waals surface area (Å²) in [5.41, 5.74) is 0.589. The van der Waals surface area contributed by atoms with E-state index in [1.165, 1.54) is 25.3 Å². The zero-order valence-corrected chi connectivity index (χ0v) is 15.0. The van der Waals surface area contributed by atoms with Crippen LogP contribution in [0, 0.1) is 17.0 Å². The largest absolute Gasteiger partial charge is 0.491 e. The van der Waals surface area contributed by atoms with E-state index in [0.717, 1.165) is 5.56 Å². The van der Waals surface area contributed by atoms with Gasteiger partial charge < -0.3 is 14.0 Å². The first-order valence-corrected chi connectivity index (χ1v) is 9.84. The van der Waals surface area contributed by atoms with Crippen LogP contribution in [0.4, 0.5) is 5.69 Å². The summed E-state index contributed by atoms with van der Waals surface area (Å²) in [6.07, 6.45) is 1.69. The van der Waals surface area contributed by atoms with Gasteiger partial charge >= 0.3 is 0 Å². The van der Waals surface area contributed by atoms with Gasteiger partial charge in [-0.3, -0.25) is 10.1 Å². The minimum absolute atomic E-state index is 0.0414. The standard InChI is InChI=1S/C15H16ClN2O5P/c1-4-24(16,21)14-8-11(5-6-12(14)18(19)20)23-15-13(22-3)7-10(2)9-17-15/h5-9H,4H2,1-3H3. The lowest BCUT2D eigenvalue weighted by Gasteiger charge is -2.13. The van der Waals surface area contributed by atoms with Crippen molar-refractivity contribution in [3.05, 3.63) is 46.1 Å². The molecule has 0 aliphatic rings. The Bertz CT molecular complexity index is 828. The molecule has 7 nitrogen and oxygen atoms in total. The number of aromatic nitrogens is 1. The van der Waals surface area contributed by atoms with Crippen molar-refractivity contribution in [2.24, 2.45) is 0 Å². The van der Waals surface area contributed by atoms with Gasteiger partial charge in [0.25, 0.3) is 11.6 Å². The molecule has 0 saturated carbocycles. The highest BCUT2D eigenvalue weighted by atomic mass is 35.7. The van der Waals surface area contributed by atoms with Gasteiger partial charge in [0.2, 0.25) is 6.49 Å². The van der Waals surface area contributed by atoms with Crippen molar-refractivity contribution < 1.29 is 19.0 Å². The summed E-state index contributed by atoms with van der Waals surface area (Å²) in [4.78, 5) is 14.7. The molecule has 0 radical (unpaired) electrons. The van der Waals surface area contributed by atoms with Crippen molar-refractivity contribution in [2.75, 3.05) is 13.3 Å². The van der Waals surface area contributed by atoms with E-state index in [0.29, 0.717) is 5.75 Å². The van der Waals surface area contributed by atoms with E-state index < -0.39 is 11.4 Å². The summed E-state index contributed by atoms with van der Waals surface area (Å²) >= 11 is 6.00. The molecule has 128 valence electrons. The van der Waals surface area contributed by atoms with Gasteiger partial charge in [0.05, 0.1) is 12.0 Å². The number of rotatable bonds is 6. The number of ether oxygens (including phenoxy) is 2. The van der Waals surface area contributed by atoms with Gasteiger partial charge in [-0.15, -0.1) is 0 Å². The molecule has 24 heavy (non-hydrogen) atoms. The van der Waals surface area contributed by atoms with Crippen molar-refractivity contribution in [3.63, 3.8) is 0 Å². The van der Waals surface area contributed by atoms with Crippen LogP contribution >= 0.6 is 17.7 Å². The smallest absolute Gasteiger partial charge is 0.281 e. The average Bonchev–Trinajstić information content (AvgIpc) is 2.56. The predicted molar refractivity (Wildman–Crippen MR) is 92.3 cm³/mol. The number of benzene rings is 1. The number of pyridine rings is 1. The molecule has 2 rings (SSSR count). The number of nitrogens with zero attached hydrogens (tertiary/aromatic N) is 2. The molecule has 1 atom stereocenters. The van der Waals surface area contributed by atoms with Crippen LogP contribution in [0.25, 0.3) is 0 Å². The van der Waals surface area contributed by atoms with Gasteiger partial charge in [-0.1, -0.05) is 6.92 Å². The Balaban J connectivity index is 2.48. The maximum Gasteiger partial charge on any atom is 0.281 e. The first-order valence-electron chi connectivity index (χ1n) is 7.04. The van der Waals surface area contributed by atoms with Crippen LogP contribution in [0.2, 0.25) is 0 Å². The molecule has 0 N–H and O–H groups in total. The van der Waals surface area contributed by atoms with E-state index in [-0.39, 0.29) is 28.8 Å². The van der Waals surface area contributed by atoms with Gasteiger partial charge in [-0.25, -0.2) is 4.98 Å². The fourth-order valence-corrected chi connectivity index (χ4v) is 3.59. The summed E-state index contributed by atoms with van der Waals surface area (Å²) in [6.45, 7) is 0.0855. The third kappa shape index (κ3) is 3.86. The first-order chi connectivity index (χ1) is 11.3. The SMILES string of the molecule is CCP(=O)(Cl)c1cc(Oc2ncc(C)cc2OC)ccc1[N+](=O)[O-]. The number of hydrogen-bond donors (Lipinski definition) is 0. The fourth-order valence-electron chi connectivity index (χ4n) is 2.02. The third-order valence-corrected chi connectivity index (χ3v) is 6.45. The van der Waals surface area contributed by atoms with Crippen LogP contribution in [0.1, 0.15) is 12.5 Å². The van der Waals surface area contributed by atoms with Crippen molar-refractivity contribution in [2.45, 2.75) is 13.8 Å². The molecule has 0 aliphatic carbocycles. The Morgan fingerprint density at radius 2 is 2.08 bits per heavy atom. The molecule has 1 heterocycles. The molecule has 0 fully saturated rings. The highest BCUT2D eigenvalue weighted by Crippen LogP contribution is 2.52. The van der Waals surface area contributed by atoms with Gasteiger partial charge in [-0.05, 0) is 41.9 Å². The van der Waals surface area contributed by atoms with Gasteiger partial charge in [0, 0.05) is 18.4 Å². The van der Waals surface area contributed by atoms with Gasteiger partial charge in [-0.2, -0.15) is 0 Å². The van der Waals surface area contributed by atoms with E-state index in [1.54, 1.807) is 19.2 Å². The Morgan fingerprint density at radius 3 is 2.67 bits per heavy atom. The maximum atomic E-state index is 12.4. The highest BCUT2D eigenvalue weighted by molar-refractivity contribution is 7.95. The number of halogens is 1. The summed E-state index contributed by atoms with van der Waals surface area (Å²) < 4.78 is 23.3. The Hall–Kier alpha value is -2.11. The van der Waals surface area contributed by atoms with Crippen molar-refractivity contribution in [1.82, 2.24) is 4.98 Å². The minimum atomic E-state index is -3.38. The number of methoxy groups -OCH3 is 1. The lowest BCUT2D eigenvalue weighted by atomic mass is 10.3. The molecular formula is C15H16ClN2O5P. The van der Waals surface area contributed by atoms with Crippen molar-refractivity contribution >= 4 is 28.7 Å². The Morgan fingerprint density at radius 1 is 1.38 bits per heavy atom. The van der Waals surface area contributed by atoms with Crippen LogP contribution in [0.5, 0.6) is 17.4 Å². The fraction of sp³-hybridized carbons (Fsp3) is 0.267. The summed E-state index contributed by atoms with van der Waals surface area (Å²) in [5, 5.41) is 11.1. The second-order valence-electron chi connectivity index (χ2n) is 5.00. The molecule has 1 aromatic heterocycles. The number of aryl methyl sites for hydroxylation is 1. The predicted octanol–water partition coefficient (Wildman–Crippen LogP) is 4.26. The molecule has 1 aromatic carbocycles. The van der Waals surface area contributed by atoms with Crippen LogP contribution in [0.15, 0.2) is 30.5 Å². The number of nitro groups is 1. The molecule has 1 unspecified atom stereocenters. The average molecular weight is 371 g/mol. The zero-order chi connectivity index (χ0) is 17.9. The molecule has 0 bridgehead atoms. The number of hydrogen-bond acceptors (Lipinski definition) is 6. The van der Waals surface area contributed by atoms with Crippen LogP contribution < -0.4 is 14.8 Å². The molecule has 9 heteroatoms. The van der Waals surface area contributed by atoms with Crippen molar-refractivity contribution in [3.8, 4) is 17.4 Å². The monoisotopic (exact) mass is 370 g/mol. The second kappa shape index (κ2) is 7.20. The van der Waals surface area contributed by atoms with E-state index in [1.807, 2.05) is 6.92 Å². The molecule has 0 aliphatic heterocycles. The van der Waals surface area contributed by atoms with Gasteiger partial charge in [0.15, 0.2) is 5.75 Å².